The van der Waals surface area contributed by atoms with Crippen LogP contribution in [0.2, 0.25) is 0 Å². The molecule has 0 saturated carbocycles. The number of pyridine rings is 1. The smallest absolute Gasteiger partial charge is 0.223 e. The van der Waals surface area contributed by atoms with Gasteiger partial charge in [0.2, 0.25) is 5.91 Å². The average Bonchev–Trinajstić information content (AvgIpc) is 3.21. The van der Waals surface area contributed by atoms with E-state index in [9.17, 15) is 4.79 Å². The fraction of sp³-hybridized carbons (Fsp3) is 0.333. The number of piperidine rings is 1. The second-order valence-corrected chi connectivity index (χ2v) is 7.78. The number of carbonyl (C=O) groups is 1. The van der Waals surface area contributed by atoms with Gasteiger partial charge in [-0.15, -0.1) is 11.3 Å². The number of nitrogens with two attached hydrogens (primary N) is 1. The molecule has 0 atom stereocenters. The lowest BCUT2D eigenvalue weighted by Gasteiger charge is -2.33. The third-order valence-corrected chi connectivity index (χ3v) is 6.04. The maximum absolute atomic E-state index is 12.2. The van der Waals surface area contributed by atoms with Gasteiger partial charge in [-0.25, -0.2) is 4.98 Å². The Morgan fingerprint density at radius 2 is 2.00 bits per heavy atom. The second-order valence-electron chi connectivity index (χ2n) is 6.87. The Bertz CT molecular complexity index is 916. The van der Waals surface area contributed by atoms with Crippen molar-refractivity contribution in [1.29, 1.82) is 0 Å². The van der Waals surface area contributed by atoms with Gasteiger partial charge in [0.25, 0.3) is 0 Å². The molecule has 1 amide bonds. The van der Waals surface area contributed by atoms with E-state index in [4.69, 9.17) is 10.7 Å². The highest BCUT2D eigenvalue weighted by Crippen LogP contribution is 2.36. The minimum Gasteiger partial charge on any atom is -0.370 e. The quantitative estimate of drug-likeness (QED) is 0.713. The van der Waals surface area contributed by atoms with Crippen LogP contribution in [0.25, 0.3) is 21.5 Å². The van der Waals surface area contributed by atoms with Gasteiger partial charge in [0.15, 0.2) is 0 Å². The molecule has 0 aliphatic carbocycles. The monoisotopic (exact) mass is 380 g/mol. The molecule has 27 heavy (non-hydrogen) atoms. The van der Waals surface area contributed by atoms with Crippen molar-refractivity contribution in [3.8, 4) is 11.3 Å². The maximum Gasteiger partial charge on any atom is 0.223 e. The van der Waals surface area contributed by atoms with Gasteiger partial charge in [-0.05, 0) is 30.4 Å². The lowest BCUT2D eigenvalue weighted by molar-refractivity contribution is -0.125. The van der Waals surface area contributed by atoms with Gasteiger partial charge < -0.3 is 16.0 Å². The van der Waals surface area contributed by atoms with Crippen LogP contribution in [0.3, 0.4) is 0 Å². The number of aromatic nitrogens is 1. The highest BCUT2D eigenvalue weighted by atomic mass is 32.1. The first-order valence-electron chi connectivity index (χ1n) is 9.42. The number of anilines is 1. The van der Waals surface area contributed by atoms with Crippen molar-refractivity contribution < 1.29 is 4.79 Å². The number of nitrogens with one attached hydrogen (secondary N) is 1. The Labute approximate surface area is 163 Å². The minimum atomic E-state index is 0.0852. The van der Waals surface area contributed by atoms with Crippen LogP contribution in [-0.4, -0.2) is 37.1 Å². The van der Waals surface area contributed by atoms with E-state index < -0.39 is 0 Å². The van der Waals surface area contributed by atoms with Gasteiger partial charge in [-0.1, -0.05) is 30.3 Å². The van der Waals surface area contributed by atoms with Gasteiger partial charge in [0, 0.05) is 37.7 Å². The zero-order valence-corrected chi connectivity index (χ0v) is 16.0. The molecule has 0 unspecified atom stereocenters. The standard InChI is InChI=1S/C21H24N4OS/c22-9-10-23-21(26)16-6-11-25(12-7-16)19-14-18(15-4-2-1-3-5-15)24-17-8-13-27-20(17)19/h1-5,8,13-14,16H,6-7,9-12,22H2,(H,23,26). The summed E-state index contributed by atoms with van der Waals surface area (Å²) in [4.78, 5) is 19.5. The average molecular weight is 381 g/mol. The Balaban J connectivity index is 1.57. The van der Waals surface area contributed by atoms with Crippen LogP contribution in [0.1, 0.15) is 12.8 Å². The third kappa shape index (κ3) is 3.82. The fourth-order valence-electron chi connectivity index (χ4n) is 3.65. The Morgan fingerprint density at radius 3 is 2.74 bits per heavy atom. The number of fused-ring (bicyclic) bond motifs is 1. The van der Waals surface area contributed by atoms with Gasteiger partial charge in [-0.2, -0.15) is 0 Å². The molecule has 0 radical (unpaired) electrons. The van der Waals surface area contributed by atoms with Crippen molar-refractivity contribution in [3.05, 3.63) is 47.8 Å². The zero-order valence-electron chi connectivity index (χ0n) is 15.2. The van der Waals surface area contributed by atoms with Crippen molar-refractivity contribution >= 4 is 33.1 Å². The first kappa shape index (κ1) is 17.9. The summed E-state index contributed by atoms with van der Waals surface area (Å²) < 4.78 is 1.22. The van der Waals surface area contributed by atoms with Crippen molar-refractivity contribution in [2.45, 2.75) is 12.8 Å². The van der Waals surface area contributed by atoms with Gasteiger partial charge >= 0.3 is 0 Å². The Morgan fingerprint density at radius 1 is 1.22 bits per heavy atom. The molecule has 5 nitrogen and oxygen atoms in total. The van der Waals surface area contributed by atoms with Crippen LogP contribution in [-0.2, 0) is 4.79 Å². The van der Waals surface area contributed by atoms with Crippen LogP contribution in [0.4, 0.5) is 5.69 Å². The summed E-state index contributed by atoms with van der Waals surface area (Å²) in [6, 6.07) is 14.6. The van der Waals surface area contributed by atoms with E-state index in [1.165, 1.54) is 10.4 Å². The number of rotatable bonds is 5. The molecule has 1 aliphatic rings. The fourth-order valence-corrected chi connectivity index (χ4v) is 4.53. The van der Waals surface area contributed by atoms with E-state index in [1.54, 1.807) is 11.3 Å². The Hall–Kier alpha value is -2.44. The number of hydrogen-bond donors (Lipinski definition) is 2. The molecule has 0 spiro atoms. The van der Waals surface area contributed by atoms with E-state index in [0.717, 1.165) is 42.7 Å². The molecule has 3 N–H and O–H groups in total. The van der Waals surface area contributed by atoms with Crippen LogP contribution in [0, 0.1) is 5.92 Å². The molecule has 1 aliphatic heterocycles. The highest BCUT2D eigenvalue weighted by Gasteiger charge is 2.26. The topological polar surface area (TPSA) is 71.2 Å². The normalized spacial score (nSPS) is 15.2. The van der Waals surface area contributed by atoms with E-state index in [-0.39, 0.29) is 11.8 Å². The van der Waals surface area contributed by atoms with E-state index >= 15 is 0 Å². The van der Waals surface area contributed by atoms with E-state index in [2.05, 4.69) is 39.9 Å². The maximum atomic E-state index is 12.2. The van der Waals surface area contributed by atoms with Gasteiger partial charge in [0.05, 0.1) is 21.6 Å². The summed E-state index contributed by atoms with van der Waals surface area (Å²) in [7, 11) is 0. The molecule has 3 heterocycles. The van der Waals surface area contributed by atoms with E-state index in [1.807, 2.05) is 18.2 Å². The largest absolute Gasteiger partial charge is 0.370 e. The Kier molecular flexibility index (Phi) is 5.36. The van der Waals surface area contributed by atoms with Crippen molar-refractivity contribution in [2.75, 3.05) is 31.1 Å². The molecule has 3 aromatic rings. The number of carbonyl (C=O) groups excluding carboxylic acids is 1. The summed E-state index contributed by atoms with van der Waals surface area (Å²) >= 11 is 1.73. The summed E-state index contributed by atoms with van der Waals surface area (Å²) in [5.74, 6) is 0.225. The molecule has 1 aromatic carbocycles. The van der Waals surface area contributed by atoms with Gasteiger partial charge in [0.1, 0.15) is 0 Å². The van der Waals surface area contributed by atoms with Gasteiger partial charge in [-0.3, -0.25) is 4.79 Å². The molecule has 6 heteroatoms. The molecular weight excluding hydrogens is 356 g/mol. The predicted octanol–water partition coefficient (Wildman–Crippen LogP) is 3.25. The lowest BCUT2D eigenvalue weighted by Crippen LogP contribution is -2.41. The first-order chi connectivity index (χ1) is 13.3. The summed E-state index contributed by atoms with van der Waals surface area (Å²) in [6.07, 6.45) is 1.73. The molecule has 140 valence electrons. The lowest BCUT2D eigenvalue weighted by atomic mass is 9.95. The number of thiophene rings is 1. The summed E-state index contributed by atoms with van der Waals surface area (Å²) in [5, 5.41) is 5.02. The highest BCUT2D eigenvalue weighted by molar-refractivity contribution is 7.17. The molecule has 2 aromatic heterocycles. The molecule has 1 saturated heterocycles. The van der Waals surface area contributed by atoms with Crippen molar-refractivity contribution in [2.24, 2.45) is 11.7 Å². The van der Waals surface area contributed by atoms with Crippen molar-refractivity contribution in [3.63, 3.8) is 0 Å². The predicted molar refractivity (Wildman–Crippen MR) is 112 cm³/mol. The number of benzene rings is 1. The number of nitrogens with zero attached hydrogens (tertiary/aromatic N) is 2. The molecular formula is C21H24N4OS. The summed E-state index contributed by atoms with van der Waals surface area (Å²) in [5.41, 5.74) is 9.88. The van der Waals surface area contributed by atoms with Crippen molar-refractivity contribution in [1.82, 2.24) is 10.3 Å². The molecule has 1 fully saturated rings. The number of hydrogen-bond acceptors (Lipinski definition) is 5. The SMILES string of the molecule is NCCNC(=O)C1CCN(c2cc(-c3ccccc3)nc3ccsc23)CC1. The van der Waals surface area contributed by atoms with Crippen LogP contribution in [0.5, 0.6) is 0 Å². The molecule has 4 rings (SSSR count). The minimum absolute atomic E-state index is 0.0852. The second kappa shape index (κ2) is 8.06. The van der Waals surface area contributed by atoms with Crippen LogP contribution in [0.15, 0.2) is 47.8 Å². The third-order valence-electron chi connectivity index (χ3n) is 5.11. The first-order valence-corrected chi connectivity index (χ1v) is 10.3. The molecule has 0 bridgehead atoms. The van der Waals surface area contributed by atoms with E-state index in [0.29, 0.717) is 13.1 Å². The van der Waals surface area contributed by atoms with Crippen LogP contribution >= 0.6 is 11.3 Å². The summed E-state index contributed by atoms with van der Waals surface area (Å²) in [6.45, 7) is 2.80. The number of amides is 1. The van der Waals surface area contributed by atoms with Crippen LogP contribution < -0.4 is 16.0 Å². The zero-order chi connectivity index (χ0) is 18.6.